The summed E-state index contributed by atoms with van der Waals surface area (Å²) in [7, 11) is 0. The molecule has 14 nitrogen and oxygen atoms in total. The number of aliphatic imine (C=N–C) groups is 2. The molecular formula is C68H98N8O6+2. The van der Waals surface area contributed by atoms with Gasteiger partial charge in [-0.25, -0.2) is 24.4 Å². The third-order valence-corrected chi connectivity index (χ3v) is 12.9. The Kier molecular flexibility index (Phi) is 26.1. The molecule has 4 aromatic carbocycles. The lowest BCUT2D eigenvalue weighted by atomic mass is 10.0. The molecule has 2 aliphatic carbocycles. The highest BCUT2D eigenvalue weighted by Crippen LogP contribution is 2.36. The van der Waals surface area contributed by atoms with Crippen LogP contribution in [-0.4, -0.2) is 59.6 Å². The number of carbonyl (C=O) groups is 3. The zero-order valence-electron chi connectivity index (χ0n) is 52.6. The normalized spacial score (nSPS) is 14.4. The molecule has 6 rings (SSSR count). The molecule has 0 saturated carbocycles. The molecule has 0 atom stereocenters. The van der Waals surface area contributed by atoms with E-state index in [1.807, 2.05) is 203 Å². The first-order valence-electron chi connectivity index (χ1n) is 29.6. The maximum absolute atomic E-state index is 14.1. The van der Waals surface area contributed by atoms with Crippen molar-refractivity contribution < 1.29 is 39.2 Å². The highest BCUT2D eigenvalue weighted by atomic mass is 16.6. The Bertz CT molecular complexity index is 2950. The number of aryl methyl sites for hydroxylation is 2. The molecule has 0 aromatic heterocycles. The molecule has 82 heavy (non-hydrogen) atoms. The number of nitrogens with two attached hydrogens (primary N) is 3. The van der Waals surface area contributed by atoms with Crippen LogP contribution in [0.3, 0.4) is 0 Å². The van der Waals surface area contributed by atoms with Crippen LogP contribution in [0.5, 0.6) is 0 Å². The Morgan fingerprint density at radius 1 is 0.537 bits per heavy atom. The van der Waals surface area contributed by atoms with Crippen LogP contribution in [-0.2, 0) is 14.2 Å². The van der Waals surface area contributed by atoms with E-state index in [2.05, 4.69) is 40.2 Å². The summed E-state index contributed by atoms with van der Waals surface area (Å²) in [5.74, 6) is 0. The predicted molar refractivity (Wildman–Crippen MR) is 341 cm³/mol. The number of quaternary nitrogens is 2. The first-order chi connectivity index (χ1) is 38.8. The zero-order chi connectivity index (χ0) is 60.8. The van der Waals surface area contributed by atoms with Gasteiger partial charge in [0.1, 0.15) is 39.6 Å². The topological polar surface area (TPSA) is 181 Å². The number of anilines is 2. The third-order valence-electron chi connectivity index (χ3n) is 12.9. The zero-order valence-corrected chi connectivity index (χ0v) is 52.6. The second-order valence-corrected chi connectivity index (χ2v) is 23.4. The fourth-order valence-corrected chi connectivity index (χ4v) is 9.09. The van der Waals surface area contributed by atoms with E-state index >= 15 is 0 Å². The van der Waals surface area contributed by atoms with Crippen LogP contribution in [0.25, 0.3) is 0 Å². The van der Waals surface area contributed by atoms with Gasteiger partial charge in [-0.1, -0.05) is 108 Å². The van der Waals surface area contributed by atoms with E-state index in [-0.39, 0.29) is 6.09 Å². The molecule has 0 heterocycles. The average Bonchev–Trinajstić information content (AvgIpc) is 3.45. The number of hydrogen-bond acceptors (Lipinski definition) is 9. The molecule has 2 aliphatic rings. The van der Waals surface area contributed by atoms with Gasteiger partial charge in [-0.15, -0.1) is 0 Å². The van der Waals surface area contributed by atoms with Crippen molar-refractivity contribution in [1.82, 2.24) is 5.32 Å². The smallest absolute Gasteiger partial charge is 0.414 e. The van der Waals surface area contributed by atoms with Crippen LogP contribution in [0.2, 0.25) is 0 Å². The van der Waals surface area contributed by atoms with Crippen LogP contribution in [0.4, 0.5) is 59.9 Å². The van der Waals surface area contributed by atoms with E-state index in [0.29, 0.717) is 31.6 Å². The summed E-state index contributed by atoms with van der Waals surface area (Å²) < 4.78 is 17.6. The van der Waals surface area contributed by atoms with Crippen molar-refractivity contribution in [2.45, 2.75) is 192 Å². The molecule has 3 amide bonds. The summed E-state index contributed by atoms with van der Waals surface area (Å²) in [5, 5.41) is 7.08. The van der Waals surface area contributed by atoms with Crippen molar-refractivity contribution >= 4 is 75.2 Å². The van der Waals surface area contributed by atoms with E-state index in [0.717, 1.165) is 130 Å². The minimum atomic E-state index is -0.692. The Labute approximate surface area is 491 Å². The summed E-state index contributed by atoms with van der Waals surface area (Å²) >= 11 is 0. The minimum Gasteiger partial charge on any atom is -0.444 e. The Balaban J connectivity index is 0.00000353. The molecule has 0 radical (unpaired) electrons. The first kappa shape index (κ1) is 67.2. The maximum Gasteiger partial charge on any atom is 0.414 e. The second-order valence-electron chi connectivity index (χ2n) is 23.4. The van der Waals surface area contributed by atoms with Crippen LogP contribution in [0.1, 0.15) is 173 Å². The van der Waals surface area contributed by atoms with Gasteiger partial charge in [0.2, 0.25) is 0 Å². The fraction of sp³-hybridized carbons (Fsp3) is 0.456. The number of carbonyl (C=O) groups excluding carboxylic acids is 3. The minimum absolute atomic E-state index is 0.377. The molecule has 0 bridgehead atoms. The Morgan fingerprint density at radius 3 is 1.29 bits per heavy atom. The Hall–Kier alpha value is -7.29. The van der Waals surface area contributed by atoms with Gasteiger partial charge in [-0.2, -0.15) is 0 Å². The van der Waals surface area contributed by atoms with Crippen molar-refractivity contribution in [2.75, 3.05) is 22.9 Å². The van der Waals surface area contributed by atoms with E-state index < -0.39 is 29.0 Å². The number of alkyl carbamates (subject to hydrolysis) is 1. The highest BCUT2D eigenvalue weighted by Gasteiger charge is 2.29. The predicted octanol–water partition coefficient (Wildman–Crippen LogP) is 16.4. The van der Waals surface area contributed by atoms with E-state index in [9.17, 15) is 14.4 Å². The van der Waals surface area contributed by atoms with Crippen molar-refractivity contribution in [3.05, 3.63) is 143 Å². The van der Waals surface area contributed by atoms with E-state index in [1.165, 1.54) is 0 Å². The lowest BCUT2D eigenvalue weighted by Crippen LogP contribution is -2.71. The van der Waals surface area contributed by atoms with Crippen molar-refractivity contribution in [2.24, 2.45) is 15.7 Å². The lowest BCUT2D eigenvalue weighted by molar-refractivity contribution is -0.478. The molecule has 0 spiro atoms. The standard InChI is InChI=1S/C64H84N8O6.2C2H6/c1-43-37-49(31-33-51(43)65)68-53-39-45(3)57(41-55(53)66-47-27-21-19-22-28-47)71(60(74)77-63(8,9)10)35-25-17-15-14-16-18-26-36-72(61(75)78-64(11,12)13)58-42-56(67-48-29-23-20-24-30-48)54(40-46(58)4)69-50-32-34-52(44(2)38-50)70-59(73)76-62(5,6)7;2*1-2/h19-24,27-30,33-34,37-42,66-67H,14-18,25-26,31-32,35-36,65H2,1-13H3,(H,70,73);2*1-2H3/p+2. The molecule has 444 valence electrons. The highest BCUT2D eigenvalue weighted by molar-refractivity contribution is 6.02. The molecule has 0 aliphatic heterocycles. The summed E-state index contributed by atoms with van der Waals surface area (Å²) in [6, 6.07) is 28.5. The number of rotatable bonds is 19. The van der Waals surface area contributed by atoms with Crippen molar-refractivity contribution in [1.29, 1.82) is 0 Å². The van der Waals surface area contributed by atoms with Crippen LogP contribution in [0, 0.1) is 13.8 Å². The van der Waals surface area contributed by atoms with Gasteiger partial charge >= 0.3 is 18.3 Å². The maximum atomic E-state index is 14.1. The number of amides is 3. The third kappa shape index (κ3) is 22.2. The number of para-hydroxylation sites is 2. The number of hydrogen-bond donors (Lipinski definition) is 4. The van der Waals surface area contributed by atoms with Gasteiger partial charge in [-0.3, -0.25) is 25.8 Å². The van der Waals surface area contributed by atoms with E-state index in [1.54, 1.807) is 9.80 Å². The number of unbranched alkanes of at least 4 members (excludes halogenated alkanes) is 6. The number of ether oxygens (including phenoxy) is 3. The van der Waals surface area contributed by atoms with Gasteiger partial charge in [0.25, 0.3) is 0 Å². The van der Waals surface area contributed by atoms with Crippen molar-refractivity contribution in [3.63, 3.8) is 0 Å². The molecular weight excluding hydrogens is 1020 g/mol. The average molecular weight is 1120 g/mol. The number of benzene rings is 4. The van der Waals surface area contributed by atoms with Crippen LogP contribution >= 0.6 is 0 Å². The largest absolute Gasteiger partial charge is 0.444 e. The number of allylic oxidation sites excluding steroid dienone is 6. The van der Waals surface area contributed by atoms with Gasteiger partial charge < -0.3 is 19.9 Å². The quantitative estimate of drug-likeness (QED) is 0.0409. The monoisotopic (exact) mass is 1120 g/mol. The molecule has 0 saturated heterocycles. The molecule has 4 aromatic rings. The number of nitrogens with zero attached hydrogens (tertiary/aromatic N) is 4. The lowest BCUT2D eigenvalue weighted by Gasteiger charge is -2.29. The van der Waals surface area contributed by atoms with Crippen LogP contribution in [0.15, 0.2) is 142 Å². The van der Waals surface area contributed by atoms with Crippen LogP contribution < -0.4 is 31.5 Å². The fourth-order valence-electron chi connectivity index (χ4n) is 9.09. The first-order valence-corrected chi connectivity index (χ1v) is 29.6. The van der Waals surface area contributed by atoms with Gasteiger partial charge in [0.15, 0.2) is 11.4 Å². The second kappa shape index (κ2) is 31.8. The molecule has 14 heteroatoms. The van der Waals surface area contributed by atoms with Gasteiger partial charge in [-0.05, 0) is 174 Å². The van der Waals surface area contributed by atoms with Gasteiger partial charge in [0, 0.05) is 60.9 Å². The summed E-state index contributed by atoms with van der Waals surface area (Å²) in [5.41, 5.74) is 18.1. The number of nitrogens with one attached hydrogen (secondary N) is 1. The van der Waals surface area contributed by atoms with Crippen molar-refractivity contribution in [3.8, 4) is 0 Å². The van der Waals surface area contributed by atoms with E-state index in [4.69, 9.17) is 29.9 Å². The summed E-state index contributed by atoms with van der Waals surface area (Å²) in [4.78, 5) is 54.6. The Morgan fingerprint density at radius 2 is 0.915 bits per heavy atom. The summed E-state index contributed by atoms with van der Waals surface area (Å²) in [6.07, 6.45) is 14.3. The SMILES string of the molecule is CC.CC.CC1=CC(=Nc2cc(C)c(N(CCCCCCCCCN(C(=O)OC(C)(C)C)c3cc([NH2+]c4ccccc4)c(N=C4C=C(C)C(NC(=O)OC(C)(C)C)=CC4)cc3C)C(=O)OC(C)(C)C)cc2[NH2+]c2ccccc2)CC=C1N. The molecule has 0 unspecified atom stereocenters. The molecule has 7 N–H and O–H groups in total. The van der Waals surface area contributed by atoms with Gasteiger partial charge in [0.05, 0.1) is 11.4 Å². The molecule has 0 fully saturated rings. The summed E-state index contributed by atoms with van der Waals surface area (Å²) in [6.45, 7) is 33.8.